The summed E-state index contributed by atoms with van der Waals surface area (Å²) >= 11 is 0. The van der Waals surface area contributed by atoms with Crippen LogP contribution in [0.5, 0.6) is 5.75 Å². The van der Waals surface area contributed by atoms with E-state index < -0.39 is 6.10 Å². The van der Waals surface area contributed by atoms with Crippen molar-refractivity contribution in [1.82, 2.24) is 5.32 Å². The van der Waals surface area contributed by atoms with Crippen molar-refractivity contribution in [3.8, 4) is 5.75 Å². The Bertz CT molecular complexity index is 559. The van der Waals surface area contributed by atoms with Crippen LogP contribution < -0.4 is 15.0 Å². The Morgan fingerprint density at radius 1 is 1.45 bits per heavy atom. The van der Waals surface area contributed by atoms with Crippen molar-refractivity contribution in [3.63, 3.8) is 0 Å². The van der Waals surface area contributed by atoms with E-state index in [-0.39, 0.29) is 18.4 Å². The zero-order chi connectivity index (χ0) is 16.1. The average Bonchev–Trinajstić information content (AvgIpc) is 2.50. The summed E-state index contributed by atoms with van der Waals surface area (Å²) in [7, 11) is 1.57. The fraction of sp³-hybridized carbons (Fsp3) is 0.500. The first kappa shape index (κ1) is 16.3. The highest BCUT2D eigenvalue weighted by Crippen LogP contribution is 2.35. The van der Waals surface area contributed by atoms with Gasteiger partial charge in [-0.25, -0.2) is 0 Å². The second-order valence-corrected chi connectivity index (χ2v) is 5.25. The van der Waals surface area contributed by atoms with Gasteiger partial charge in [-0.2, -0.15) is 0 Å². The van der Waals surface area contributed by atoms with Crippen LogP contribution in [-0.2, 0) is 14.3 Å². The third-order valence-electron chi connectivity index (χ3n) is 3.52. The van der Waals surface area contributed by atoms with Crippen molar-refractivity contribution in [2.75, 3.05) is 31.7 Å². The lowest BCUT2D eigenvalue weighted by molar-refractivity contribution is -0.129. The molecule has 2 amide bonds. The van der Waals surface area contributed by atoms with Gasteiger partial charge >= 0.3 is 0 Å². The van der Waals surface area contributed by atoms with E-state index in [0.29, 0.717) is 31.0 Å². The number of carbonyl (C=O) groups excluding carboxylic acids is 2. The highest BCUT2D eigenvalue weighted by molar-refractivity contribution is 6.03. The minimum absolute atomic E-state index is 0.0150. The molecule has 6 nitrogen and oxygen atoms in total. The quantitative estimate of drug-likeness (QED) is 0.804. The molecule has 22 heavy (non-hydrogen) atoms. The van der Waals surface area contributed by atoms with Gasteiger partial charge in [-0.05, 0) is 31.0 Å². The molecule has 1 aromatic carbocycles. The van der Waals surface area contributed by atoms with Gasteiger partial charge in [0.05, 0.1) is 12.3 Å². The highest BCUT2D eigenvalue weighted by Gasteiger charge is 2.34. The molecule has 1 N–H and O–H groups in total. The number of hydrogen-bond acceptors (Lipinski definition) is 4. The van der Waals surface area contributed by atoms with E-state index in [0.717, 1.165) is 5.56 Å². The number of nitrogens with one attached hydrogen (secondary N) is 1. The predicted molar refractivity (Wildman–Crippen MR) is 83.1 cm³/mol. The number of amides is 2. The summed E-state index contributed by atoms with van der Waals surface area (Å²) in [5.74, 6) is 0.249. The number of carbonyl (C=O) groups is 2. The molecule has 0 fully saturated rings. The summed E-state index contributed by atoms with van der Waals surface area (Å²) in [5.41, 5.74) is 1.66. The number of ether oxygens (including phenoxy) is 2. The Kier molecular flexibility index (Phi) is 5.38. The monoisotopic (exact) mass is 306 g/mol. The lowest BCUT2D eigenvalue weighted by Crippen LogP contribution is -2.49. The molecule has 0 spiro atoms. The topological polar surface area (TPSA) is 67.9 Å². The molecule has 0 aromatic heterocycles. The van der Waals surface area contributed by atoms with Gasteiger partial charge in [-0.15, -0.1) is 0 Å². The summed E-state index contributed by atoms with van der Waals surface area (Å²) in [6.07, 6.45) is 0.0236. The van der Waals surface area contributed by atoms with Gasteiger partial charge in [0.15, 0.2) is 6.10 Å². The van der Waals surface area contributed by atoms with Gasteiger partial charge in [0.2, 0.25) is 5.91 Å². The molecule has 2 rings (SSSR count). The second kappa shape index (κ2) is 7.26. The van der Waals surface area contributed by atoms with E-state index in [1.165, 1.54) is 4.90 Å². The van der Waals surface area contributed by atoms with E-state index in [1.54, 1.807) is 7.11 Å². The summed E-state index contributed by atoms with van der Waals surface area (Å²) in [5, 5.41) is 2.73. The molecule has 1 aromatic rings. The number of hydrogen-bond donors (Lipinski definition) is 1. The molecular formula is C16H22N2O4. The van der Waals surface area contributed by atoms with Crippen molar-refractivity contribution in [2.45, 2.75) is 26.4 Å². The van der Waals surface area contributed by atoms with Crippen molar-refractivity contribution in [1.29, 1.82) is 0 Å². The number of benzene rings is 1. The van der Waals surface area contributed by atoms with Gasteiger partial charge in [-0.1, -0.05) is 13.0 Å². The van der Waals surface area contributed by atoms with Gasteiger partial charge in [0, 0.05) is 13.7 Å². The van der Waals surface area contributed by atoms with E-state index in [4.69, 9.17) is 9.47 Å². The van der Waals surface area contributed by atoms with Crippen LogP contribution in [-0.4, -0.2) is 44.7 Å². The Morgan fingerprint density at radius 3 is 2.91 bits per heavy atom. The minimum Gasteiger partial charge on any atom is -0.478 e. The molecule has 1 aliphatic rings. The van der Waals surface area contributed by atoms with Crippen molar-refractivity contribution in [2.24, 2.45) is 0 Å². The van der Waals surface area contributed by atoms with Crippen molar-refractivity contribution in [3.05, 3.63) is 23.8 Å². The number of aryl methyl sites for hydroxylation is 1. The SMILES string of the molecule is CC[C@H]1Oc2ccc(C)cc2N(CC(=O)NCCOC)C1=O. The number of rotatable bonds is 6. The second-order valence-electron chi connectivity index (χ2n) is 5.25. The molecule has 1 aliphatic heterocycles. The largest absolute Gasteiger partial charge is 0.478 e. The van der Waals surface area contributed by atoms with Crippen LogP contribution >= 0.6 is 0 Å². The molecule has 1 atom stereocenters. The summed E-state index contributed by atoms with van der Waals surface area (Å²) in [6, 6.07) is 5.63. The fourth-order valence-electron chi connectivity index (χ4n) is 2.35. The molecule has 0 saturated carbocycles. The average molecular weight is 306 g/mol. The first-order valence-electron chi connectivity index (χ1n) is 7.41. The number of methoxy groups -OCH3 is 1. The summed E-state index contributed by atoms with van der Waals surface area (Å²) in [6.45, 7) is 4.67. The zero-order valence-electron chi connectivity index (χ0n) is 13.2. The summed E-state index contributed by atoms with van der Waals surface area (Å²) < 4.78 is 10.6. The lowest BCUT2D eigenvalue weighted by Gasteiger charge is -2.33. The number of fused-ring (bicyclic) bond motifs is 1. The van der Waals surface area contributed by atoms with Crippen molar-refractivity contribution >= 4 is 17.5 Å². The van der Waals surface area contributed by atoms with Gasteiger partial charge in [0.1, 0.15) is 12.3 Å². The van der Waals surface area contributed by atoms with Crippen LogP contribution in [0.2, 0.25) is 0 Å². The highest BCUT2D eigenvalue weighted by atomic mass is 16.5. The summed E-state index contributed by atoms with van der Waals surface area (Å²) in [4.78, 5) is 26.0. The van der Waals surface area contributed by atoms with Crippen LogP contribution in [0.15, 0.2) is 18.2 Å². The maximum atomic E-state index is 12.5. The van der Waals surface area contributed by atoms with E-state index >= 15 is 0 Å². The Balaban J connectivity index is 2.18. The normalized spacial score (nSPS) is 17.0. The molecule has 0 unspecified atom stereocenters. The molecule has 6 heteroatoms. The third-order valence-corrected chi connectivity index (χ3v) is 3.52. The van der Waals surface area contributed by atoms with E-state index in [9.17, 15) is 9.59 Å². The molecule has 120 valence electrons. The standard InChI is InChI=1S/C16H22N2O4/c1-4-13-16(20)18(10-15(19)17-7-8-21-3)12-9-11(2)5-6-14(12)22-13/h5-6,9,13H,4,7-8,10H2,1-3H3,(H,17,19)/t13-/m1/s1. The molecule has 0 bridgehead atoms. The maximum Gasteiger partial charge on any atom is 0.268 e. The number of nitrogens with zero attached hydrogens (tertiary/aromatic N) is 1. The van der Waals surface area contributed by atoms with Crippen molar-refractivity contribution < 1.29 is 19.1 Å². The van der Waals surface area contributed by atoms with Crippen LogP contribution in [0, 0.1) is 6.92 Å². The number of anilines is 1. The van der Waals surface area contributed by atoms with Crippen LogP contribution in [0.3, 0.4) is 0 Å². The van der Waals surface area contributed by atoms with E-state index in [1.807, 2.05) is 32.0 Å². The third kappa shape index (κ3) is 3.57. The molecule has 1 heterocycles. The Morgan fingerprint density at radius 2 is 2.23 bits per heavy atom. The zero-order valence-corrected chi connectivity index (χ0v) is 13.2. The fourth-order valence-corrected chi connectivity index (χ4v) is 2.35. The van der Waals surface area contributed by atoms with E-state index in [2.05, 4.69) is 5.32 Å². The first-order valence-corrected chi connectivity index (χ1v) is 7.41. The minimum atomic E-state index is -0.540. The van der Waals surface area contributed by atoms with Crippen LogP contribution in [0.1, 0.15) is 18.9 Å². The Labute approximate surface area is 130 Å². The lowest BCUT2D eigenvalue weighted by atomic mass is 10.1. The Hall–Kier alpha value is -2.08. The smallest absolute Gasteiger partial charge is 0.268 e. The molecule has 0 saturated heterocycles. The molecule has 0 aliphatic carbocycles. The molecular weight excluding hydrogens is 284 g/mol. The van der Waals surface area contributed by atoms with Gasteiger partial charge < -0.3 is 14.8 Å². The molecule has 0 radical (unpaired) electrons. The van der Waals surface area contributed by atoms with Crippen LogP contribution in [0.4, 0.5) is 5.69 Å². The predicted octanol–water partition coefficient (Wildman–Crippen LogP) is 1.26. The van der Waals surface area contributed by atoms with Gasteiger partial charge in [-0.3, -0.25) is 14.5 Å². The first-order chi connectivity index (χ1) is 10.6. The van der Waals surface area contributed by atoms with Gasteiger partial charge in [0.25, 0.3) is 5.91 Å². The maximum absolute atomic E-state index is 12.5. The van der Waals surface area contributed by atoms with Crippen LogP contribution in [0.25, 0.3) is 0 Å².